The predicted molar refractivity (Wildman–Crippen MR) is 45.6 cm³/mol. The zero-order valence-corrected chi connectivity index (χ0v) is 7.76. The first-order valence-electron chi connectivity index (χ1n) is 3.53. The highest BCUT2D eigenvalue weighted by atomic mass is 35.5. The van der Waals surface area contributed by atoms with E-state index in [9.17, 15) is 18.9 Å². The molecule has 0 unspecified atom stereocenters. The lowest BCUT2D eigenvalue weighted by atomic mass is 10.1. The van der Waals surface area contributed by atoms with Gasteiger partial charge in [0.05, 0.1) is 0 Å². The van der Waals surface area contributed by atoms with E-state index in [1.807, 2.05) is 0 Å². The molecule has 0 N–H and O–H groups in total. The highest BCUT2D eigenvalue weighted by Crippen LogP contribution is 2.31. The fourth-order valence-corrected chi connectivity index (χ4v) is 1.28. The van der Waals surface area contributed by atoms with Gasteiger partial charge in [-0.15, -0.1) is 0 Å². The third-order valence-corrected chi connectivity index (χ3v) is 1.80. The number of nitro groups is 1. The number of pyridine rings is 1. The molecule has 1 aromatic rings. The van der Waals surface area contributed by atoms with E-state index in [4.69, 9.17) is 11.6 Å². The van der Waals surface area contributed by atoms with Crippen molar-refractivity contribution in [1.29, 1.82) is 0 Å². The average Bonchev–Trinajstić information content (AvgIpc) is 2.01. The van der Waals surface area contributed by atoms with Crippen molar-refractivity contribution in [2.75, 3.05) is 0 Å². The van der Waals surface area contributed by atoms with Crippen LogP contribution in [0.3, 0.4) is 0 Å². The summed E-state index contributed by atoms with van der Waals surface area (Å²) in [6, 6.07) is 1.16. The molecule has 1 aromatic heterocycles. The van der Waals surface area contributed by atoms with Crippen LogP contribution in [0.1, 0.15) is 17.6 Å². The zero-order valence-electron chi connectivity index (χ0n) is 7.00. The largest absolute Gasteiger partial charge is 0.374 e. The van der Waals surface area contributed by atoms with E-state index < -0.39 is 22.7 Å². The molecule has 0 spiro atoms. The van der Waals surface area contributed by atoms with Gasteiger partial charge in [0.2, 0.25) is 5.15 Å². The number of rotatable bonds is 2. The van der Waals surface area contributed by atoms with Crippen molar-refractivity contribution >= 4 is 17.4 Å². The average molecular weight is 223 g/mol. The van der Waals surface area contributed by atoms with E-state index in [0.29, 0.717) is 0 Å². The summed E-state index contributed by atoms with van der Waals surface area (Å²) in [4.78, 5) is 12.7. The van der Waals surface area contributed by atoms with Crippen LogP contribution in [0.4, 0.5) is 14.6 Å². The van der Waals surface area contributed by atoms with E-state index in [1.54, 1.807) is 0 Å². The number of aromatic nitrogens is 1. The van der Waals surface area contributed by atoms with Crippen molar-refractivity contribution in [2.45, 2.75) is 13.3 Å². The summed E-state index contributed by atoms with van der Waals surface area (Å²) in [5.41, 5.74) is -0.619. The lowest BCUT2D eigenvalue weighted by Gasteiger charge is -2.04. The zero-order chi connectivity index (χ0) is 10.9. The summed E-state index contributed by atoms with van der Waals surface area (Å²) in [5, 5.41) is 10.2. The van der Waals surface area contributed by atoms with Gasteiger partial charge in [-0.3, -0.25) is 0 Å². The lowest BCUT2D eigenvalue weighted by Crippen LogP contribution is -2.01. The molecule has 0 aliphatic rings. The van der Waals surface area contributed by atoms with Crippen molar-refractivity contribution in [1.82, 2.24) is 4.98 Å². The van der Waals surface area contributed by atoms with Gasteiger partial charge in [-0.2, -0.15) is 0 Å². The van der Waals surface area contributed by atoms with Gasteiger partial charge in [-0.05, 0) is 34.0 Å². The molecular weight excluding hydrogens is 218 g/mol. The highest BCUT2D eigenvalue weighted by Gasteiger charge is 2.26. The van der Waals surface area contributed by atoms with Crippen molar-refractivity contribution in [3.63, 3.8) is 0 Å². The molecule has 0 amide bonds. The SMILES string of the molecule is Cc1cc(Cl)nc([N+](=O)[O-])c1C(F)F. The van der Waals surface area contributed by atoms with Gasteiger partial charge < -0.3 is 10.1 Å². The Hall–Kier alpha value is -1.30. The van der Waals surface area contributed by atoms with Crippen LogP contribution in [-0.2, 0) is 0 Å². The number of aryl methyl sites for hydroxylation is 1. The van der Waals surface area contributed by atoms with Crippen LogP contribution < -0.4 is 0 Å². The molecule has 4 nitrogen and oxygen atoms in total. The smallest absolute Gasteiger partial charge is 0.358 e. The summed E-state index contributed by atoms with van der Waals surface area (Å²) in [6.45, 7) is 1.32. The molecule has 0 aromatic carbocycles. The van der Waals surface area contributed by atoms with Crippen molar-refractivity contribution in [2.24, 2.45) is 0 Å². The molecule has 0 radical (unpaired) electrons. The first-order chi connectivity index (χ1) is 6.43. The molecule has 76 valence electrons. The van der Waals surface area contributed by atoms with E-state index in [2.05, 4.69) is 4.98 Å². The first-order valence-corrected chi connectivity index (χ1v) is 3.91. The monoisotopic (exact) mass is 222 g/mol. The predicted octanol–water partition coefficient (Wildman–Crippen LogP) is 2.89. The molecule has 14 heavy (non-hydrogen) atoms. The summed E-state index contributed by atoms with van der Waals surface area (Å²) >= 11 is 5.41. The maximum atomic E-state index is 12.4. The van der Waals surface area contributed by atoms with Crippen LogP contribution in [0.2, 0.25) is 5.15 Å². The Morgan fingerprint density at radius 2 is 2.21 bits per heavy atom. The number of alkyl halides is 2. The Morgan fingerprint density at radius 1 is 1.64 bits per heavy atom. The molecule has 0 saturated heterocycles. The quantitative estimate of drug-likeness (QED) is 0.439. The third kappa shape index (κ3) is 1.95. The fourth-order valence-electron chi connectivity index (χ4n) is 1.04. The molecule has 0 atom stereocenters. The molecule has 1 heterocycles. The van der Waals surface area contributed by atoms with Gasteiger partial charge in [0.25, 0.3) is 6.43 Å². The van der Waals surface area contributed by atoms with Crippen LogP contribution in [0, 0.1) is 17.0 Å². The minimum absolute atomic E-state index is 0.0618. The Kier molecular flexibility index (Phi) is 2.95. The van der Waals surface area contributed by atoms with E-state index in [1.165, 1.54) is 6.92 Å². The van der Waals surface area contributed by atoms with Crippen molar-refractivity contribution < 1.29 is 13.7 Å². The van der Waals surface area contributed by atoms with Crippen LogP contribution >= 0.6 is 11.6 Å². The third-order valence-electron chi connectivity index (χ3n) is 1.61. The summed E-state index contributed by atoms with van der Waals surface area (Å²) in [7, 11) is 0. The lowest BCUT2D eigenvalue weighted by molar-refractivity contribution is -0.391. The fraction of sp³-hybridized carbons (Fsp3) is 0.286. The van der Waals surface area contributed by atoms with Crippen LogP contribution in [0.15, 0.2) is 6.07 Å². The van der Waals surface area contributed by atoms with Gasteiger partial charge in [0, 0.05) is 6.07 Å². The maximum absolute atomic E-state index is 12.4. The summed E-state index contributed by atoms with van der Waals surface area (Å²) in [6.07, 6.45) is -2.93. The second-order valence-electron chi connectivity index (χ2n) is 2.56. The first kappa shape index (κ1) is 10.8. The molecule has 1 rings (SSSR count). The molecule has 7 heteroatoms. The number of halogens is 3. The maximum Gasteiger partial charge on any atom is 0.374 e. The van der Waals surface area contributed by atoms with Gasteiger partial charge in [-0.25, -0.2) is 8.78 Å². The molecule has 0 saturated carbocycles. The highest BCUT2D eigenvalue weighted by molar-refractivity contribution is 6.29. The second kappa shape index (κ2) is 3.83. The van der Waals surface area contributed by atoms with E-state index in [-0.39, 0.29) is 10.7 Å². The van der Waals surface area contributed by atoms with Gasteiger partial charge in [0.15, 0.2) is 0 Å². The minimum atomic E-state index is -2.93. The molecule has 0 fully saturated rings. The molecule has 0 aliphatic heterocycles. The van der Waals surface area contributed by atoms with Crippen LogP contribution in [0.5, 0.6) is 0 Å². The molecule has 0 bridgehead atoms. The Morgan fingerprint density at radius 3 is 2.64 bits per heavy atom. The Labute approximate surface area is 82.7 Å². The van der Waals surface area contributed by atoms with Crippen LogP contribution in [-0.4, -0.2) is 9.91 Å². The number of hydrogen-bond acceptors (Lipinski definition) is 3. The van der Waals surface area contributed by atoms with Gasteiger partial charge in [0.1, 0.15) is 5.56 Å². The van der Waals surface area contributed by atoms with E-state index >= 15 is 0 Å². The van der Waals surface area contributed by atoms with Crippen molar-refractivity contribution in [3.8, 4) is 0 Å². The standard InChI is InChI=1S/C7H5ClF2N2O2/c1-3-2-4(8)11-7(12(13)14)5(3)6(9)10/h2,6H,1H3. The number of nitrogens with zero attached hydrogens (tertiary/aromatic N) is 2. The number of hydrogen-bond donors (Lipinski definition) is 0. The second-order valence-corrected chi connectivity index (χ2v) is 2.94. The van der Waals surface area contributed by atoms with Gasteiger partial charge in [-0.1, -0.05) is 0 Å². The molecule has 0 aliphatic carbocycles. The summed E-state index contributed by atoms with van der Waals surface area (Å²) < 4.78 is 24.8. The molecular formula is C7H5ClF2N2O2. The van der Waals surface area contributed by atoms with Crippen LogP contribution in [0.25, 0.3) is 0 Å². The Balaban J connectivity index is 3.44. The topological polar surface area (TPSA) is 56.0 Å². The van der Waals surface area contributed by atoms with Crippen molar-refractivity contribution in [3.05, 3.63) is 32.5 Å². The normalized spacial score (nSPS) is 10.6. The Bertz CT molecular complexity index is 384. The summed E-state index contributed by atoms with van der Waals surface area (Å²) in [5.74, 6) is -0.884. The van der Waals surface area contributed by atoms with Gasteiger partial charge >= 0.3 is 5.82 Å². The van der Waals surface area contributed by atoms with E-state index in [0.717, 1.165) is 6.07 Å². The minimum Gasteiger partial charge on any atom is -0.358 e.